The molecule has 3 aromatic rings. The van der Waals surface area contributed by atoms with Crippen LogP contribution in [0.3, 0.4) is 0 Å². The lowest BCUT2D eigenvalue weighted by Crippen LogP contribution is -2.36. The molecule has 8 heteroatoms. The molecule has 1 amide bonds. The van der Waals surface area contributed by atoms with E-state index in [-0.39, 0.29) is 12.0 Å². The lowest BCUT2D eigenvalue weighted by Gasteiger charge is -2.23. The average Bonchev–Trinajstić information content (AvgIpc) is 3.15. The van der Waals surface area contributed by atoms with Crippen molar-refractivity contribution in [3.8, 4) is 11.1 Å². The molecule has 1 atom stereocenters. The lowest BCUT2D eigenvalue weighted by atomic mass is 10.0. The highest BCUT2D eigenvalue weighted by Gasteiger charge is 2.30. The van der Waals surface area contributed by atoms with Crippen LogP contribution in [0.5, 0.6) is 0 Å². The van der Waals surface area contributed by atoms with Crippen molar-refractivity contribution >= 4 is 17.3 Å². The maximum atomic E-state index is 13.0. The van der Waals surface area contributed by atoms with E-state index in [4.69, 9.17) is 14.2 Å². The van der Waals surface area contributed by atoms with Crippen LogP contribution in [0, 0.1) is 0 Å². The molecular formula is C24H26N4O4. The number of fused-ring (bicyclic) bond motifs is 1. The third-order valence-corrected chi connectivity index (χ3v) is 5.65. The summed E-state index contributed by atoms with van der Waals surface area (Å²) in [6.45, 7) is 3.79. The SMILES string of the molecule is O=C1NCCn2c(COCC3COCCO3)c(-c3ccncc3)c(Nc3ccccc3)c21. The minimum absolute atomic E-state index is 0.0749. The molecule has 0 aliphatic carbocycles. The van der Waals surface area contributed by atoms with Gasteiger partial charge in [0, 0.05) is 36.7 Å². The second-order valence-electron chi connectivity index (χ2n) is 7.76. The first kappa shape index (κ1) is 20.7. The number of nitrogens with one attached hydrogen (secondary N) is 2. The van der Waals surface area contributed by atoms with Crippen LogP contribution in [0.4, 0.5) is 11.4 Å². The summed E-state index contributed by atoms with van der Waals surface area (Å²) in [6, 6.07) is 13.8. The number of pyridine rings is 1. The topological polar surface area (TPSA) is 86.6 Å². The third-order valence-electron chi connectivity index (χ3n) is 5.65. The number of benzene rings is 1. The number of rotatable bonds is 7. The fraction of sp³-hybridized carbons (Fsp3) is 0.333. The van der Waals surface area contributed by atoms with E-state index in [1.54, 1.807) is 12.4 Å². The van der Waals surface area contributed by atoms with Crippen molar-refractivity contribution < 1.29 is 19.0 Å². The number of hydrogen-bond donors (Lipinski definition) is 2. The Kier molecular flexibility index (Phi) is 6.15. The summed E-state index contributed by atoms with van der Waals surface area (Å²) in [5.74, 6) is -0.0970. The summed E-state index contributed by atoms with van der Waals surface area (Å²) in [4.78, 5) is 17.1. The molecule has 1 fully saturated rings. The molecule has 4 heterocycles. The Hall–Kier alpha value is -3.20. The van der Waals surface area contributed by atoms with Gasteiger partial charge in [-0.15, -0.1) is 0 Å². The van der Waals surface area contributed by atoms with Crippen molar-refractivity contribution in [3.05, 3.63) is 66.2 Å². The molecule has 0 spiro atoms. The van der Waals surface area contributed by atoms with Crippen LogP contribution < -0.4 is 10.6 Å². The molecule has 1 aromatic carbocycles. The van der Waals surface area contributed by atoms with Gasteiger partial charge in [0.15, 0.2) is 0 Å². The third kappa shape index (κ3) is 4.25. The molecule has 8 nitrogen and oxygen atoms in total. The van der Waals surface area contributed by atoms with Gasteiger partial charge in [-0.25, -0.2) is 0 Å². The number of amides is 1. The van der Waals surface area contributed by atoms with Crippen molar-refractivity contribution in [1.82, 2.24) is 14.9 Å². The molecule has 0 bridgehead atoms. The molecule has 0 radical (unpaired) electrons. The first-order valence-corrected chi connectivity index (χ1v) is 10.8. The zero-order valence-electron chi connectivity index (χ0n) is 17.8. The Morgan fingerprint density at radius 1 is 1.16 bits per heavy atom. The highest BCUT2D eigenvalue weighted by atomic mass is 16.6. The number of carbonyl (C=O) groups is 1. The summed E-state index contributed by atoms with van der Waals surface area (Å²) in [6.07, 6.45) is 3.45. The van der Waals surface area contributed by atoms with Gasteiger partial charge in [-0.05, 0) is 29.8 Å². The first-order valence-electron chi connectivity index (χ1n) is 10.8. The van der Waals surface area contributed by atoms with Gasteiger partial charge in [-0.2, -0.15) is 0 Å². The molecular weight excluding hydrogens is 408 g/mol. The Morgan fingerprint density at radius 2 is 2.00 bits per heavy atom. The van der Waals surface area contributed by atoms with Crippen molar-refractivity contribution in [1.29, 1.82) is 0 Å². The van der Waals surface area contributed by atoms with Crippen molar-refractivity contribution in [2.24, 2.45) is 0 Å². The number of carbonyl (C=O) groups excluding carboxylic acids is 1. The minimum Gasteiger partial charge on any atom is -0.376 e. The van der Waals surface area contributed by atoms with E-state index in [0.717, 1.165) is 28.2 Å². The molecule has 2 aromatic heterocycles. The summed E-state index contributed by atoms with van der Waals surface area (Å²) >= 11 is 0. The number of hydrogen-bond acceptors (Lipinski definition) is 6. The summed E-state index contributed by atoms with van der Waals surface area (Å²) in [7, 11) is 0. The monoisotopic (exact) mass is 434 g/mol. The van der Waals surface area contributed by atoms with Gasteiger partial charge < -0.3 is 29.4 Å². The molecule has 32 heavy (non-hydrogen) atoms. The standard InChI is InChI=1S/C24H26N4O4/c29-24-23-22(27-18-4-2-1-3-5-18)21(17-6-8-25-9-7-17)20(28(23)11-10-26-24)16-31-15-19-14-30-12-13-32-19/h1-9,19,27H,10-16H2,(H,26,29). The highest BCUT2D eigenvalue weighted by Crippen LogP contribution is 2.40. The average molecular weight is 434 g/mol. The molecule has 1 saturated heterocycles. The zero-order valence-corrected chi connectivity index (χ0v) is 17.8. The number of aromatic nitrogens is 2. The maximum Gasteiger partial charge on any atom is 0.270 e. The van der Waals surface area contributed by atoms with Gasteiger partial charge in [0.25, 0.3) is 5.91 Å². The van der Waals surface area contributed by atoms with E-state index >= 15 is 0 Å². The summed E-state index contributed by atoms with van der Waals surface area (Å²) in [5.41, 5.74) is 5.18. The fourth-order valence-electron chi connectivity index (χ4n) is 4.20. The zero-order chi connectivity index (χ0) is 21.8. The van der Waals surface area contributed by atoms with Crippen LogP contribution in [0.2, 0.25) is 0 Å². The summed E-state index contributed by atoms with van der Waals surface area (Å²) in [5, 5.41) is 6.46. The first-order chi connectivity index (χ1) is 15.8. The van der Waals surface area contributed by atoms with Crippen LogP contribution in [-0.4, -0.2) is 54.5 Å². The quantitative estimate of drug-likeness (QED) is 0.595. The highest BCUT2D eigenvalue weighted by molar-refractivity contribution is 6.04. The van der Waals surface area contributed by atoms with Crippen LogP contribution in [-0.2, 0) is 27.4 Å². The number of nitrogens with zero attached hydrogens (tertiary/aromatic N) is 2. The van der Waals surface area contributed by atoms with E-state index < -0.39 is 0 Å². The molecule has 5 rings (SSSR count). The van der Waals surface area contributed by atoms with E-state index in [0.29, 0.717) is 51.8 Å². The Morgan fingerprint density at radius 3 is 2.78 bits per heavy atom. The van der Waals surface area contributed by atoms with Gasteiger partial charge >= 0.3 is 0 Å². The Bertz CT molecular complexity index is 1060. The van der Waals surface area contributed by atoms with Gasteiger partial charge in [0.2, 0.25) is 0 Å². The predicted octanol–water partition coefficient (Wildman–Crippen LogP) is 2.97. The van der Waals surface area contributed by atoms with Gasteiger partial charge in [0.1, 0.15) is 11.8 Å². The molecule has 2 aliphatic rings. The van der Waals surface area contributed by atoms with Gasteiger partial charge in [-0.3, -0.25) is 9.78 Å². The second-order valence-corrected chi connectivity index (χ2v) is 7.76. The second kappa shape index (κ2) is 9.52. The van der Waals surface area contributed by atoms with Crippen LogP contribution in [0.25, 0.3) is 11.1 Å². The molecule has 2 aliphatic heterocycles. The number of ether oxygens (including phenoxy) is 3. The summed E-state index contributed by atoms with van der Waals surface area (Å²) < 4.78 is 19.3. The van der Waals surface area contributed by atoms with Gasteiger partial charge in [0.05, 0.1) is 44.4 Å². The molecule has 2 N–H and O–H groups in total. The molecule has 1 unspecified atom stereocenters. The van der Waals surface area contributed by atoms with Crippen LogP contribution >= 0.6 is 0 Å². The Balaban J connectivity index is 1.54. The fourth-order valence-corrected chi connectivity index (χ4v) is 4.20. The largest absolute Gasteiger partial charge is 0.376 e. The lowest BCUT2D eigenvalue weighted by molar-refractivity contribution is -0.117. The van der Waals surface area contributed by atoms with E-state index in [1.807, 2.05) is 42.5 Å². The smallest absolute Gasteiger partial charge is 0.270 e. The molecule has 166 valence electrons. The van der Waals surface area contributed by atoms with Gasteiger partial charge in [-0.1, -0.05) is 18.2 Å². The molecule has 0 saturated carbocycles. The number of anilines is 2. The van der Waals surface area contributed by atoms with Crippen LogP contribution in [0.1, 0.15) is 16.2 Å². The Labute approximate surface area is 186 Å². The van der Waals surface area contributed by atoms with Crippen molar-refractivity contribution in [2.75, 3.05) is 38.3 Å². The van der Waals surface area contributed by atoms with Crippen molar-refractivity contribution in [2.45, 2.75) is 19.3 Å². The normalized spacial score (nSPS) is 18.1. The van der Waals surface area contributed by atoms with E-state index in [2.05, 4.69) is 20.2 Å². The predicted molar refractivity (Wildman–Crippen MR) is 120 cm³/mol. The van der Waals surface area contributed by atoms with E-state index in [9.17, 15) is 4.79 Å². The number of para-hydroxylation sites is 1. The van der Waals surface area contributed by atoms with E-state index in [1.165, 1.54) is 0 Å². The van der Waals surface area contributed by atoms with Crippen molar-refractivity contribution in [3.63, 3.8) is 0 Å². The minimum atomic E-state index is -0.0970. The van der Waals surface area contributed by atoms with Crippen LogP contribution in [0.15, 0.2) is 54.9 Å². The maximum absolute atomic E-state index is 13.0.